The second kappa shape index (κ2) is 6.10. The van der Waals surface area contributed by atoms with Crippen LogP contribution in [0, 0.1) is 13.8 Å². The molecule has 1 aromatic rings. The van der Waals surface area contributed by atoms with Crippen molar-refractivity contribution >= 4 is 11.3 Å². The number of hydrogen-bond acceptors (Lipinski definition) is 5. The highest BCUT2D eigenvalue weighted by Crippen LogP contribution is 2.28. The Balaban J connectivity index is 1.95. The zero-order valence-electron chi connectivity index (χ0n) is 11.7. The minimum Gasteiger partial charge on any atom is -0.374 e. The first-order valence-electron chi connectivity index (χ1n) is 6.54. The van der Waals surface area contributed by atoms with Gasteiger partial charge in [0.25, 0.3) is 0 Å². The summed E-state index contributed by atoms with van der Waals surface area (Å²) in [6.45, 7) is 10.1. The SMILES string of the molecule is Cc1nc(C)c(C(C)N(C)CC2CNCCO2)s1. The Morgan fingerprint density at radius 2 is 2.33 bits per heavy atom. The van der Waals surface area contributed by atoms with Gasteiger partial charge in [0.05, 0.1) is 23.4 Å². The van der Waals surface area contributed by atoms with E-state index < -0.39 is 0 Å². The summed E-state index contributed by atoms with van der Waals surface area (Å²) < 4.78 is 5.75. The summed E-state index contributed by atoms with van der Waals surface area (Å²) in [5.74, 6) is 0. The number of likely N-dealkylation sites (N-methyl/N-ethyl adjacent to an activating group) is 1. The normalized spacial score (nSPS) is 22.4. The van der Waals surface area contributed by atoms with Crippen molar-refractivity contribution in [3.05, 3.63) is 15.6 Å². The van der Waals surface area contributed by atoms with E-state index in [2.05, 4.69) is 43.0 Å². The minimum atomic E-state index is 0.306. The van der Waals surface area contributed by atoms with Crippen molar-refractivity contribution in [3.63, 3.8) is 0 Å². The van der Waals surface area contributed by atoms with E-state index >= 15 is 0 Å². The second-order valence-corrected chi connectivity index (χ2v) is 6.23. The molecule has 2 rings (SSSR count). The Labute approximate surface area is 113 Å². The van der Waals surface area contributed by atoms with Gasteiger partial charge in [0.1, 0.15) is 0 Å². The lowest BCUT2D eigenvalue weighted by Crippen LogP contribution is -2.44. The number of hydrogen-bond donors (Lipinski definition) is 1. The predicted molar refractivity (Wildman–Crippen MR) is 75.2 cm³/mol. The van der Waals surface area contributed by atoms with E-state index in [9.17, 15) is 0 Å². The van der Waals surface area contributed by atoms with Crippen LogP contribution < -0.4 is 5.32 Å². The molecule has 0 radical (unpaired) electrons. The lowest BCUT2D eigenvalue weighted by Gasteiger charge is -2.31. The molecule has 2 heterocycles. The smallest absolute Gasteiger partial charge is 0.0900 e. The summed E-state index contributed by atoms with van der Waals surface area (Å²) in [4.78, 5) is 8.24. The van der Waals surface area contributed by atoms with Gasteiger partial charge in [-0.2, -0.15) is 0 Å². The van der Waals surface area contributed by atoms with Crippen molar-refractivity contribution in [2.24, 2.45) is 0 Å². The van der Waals surface area contributed by atoms with Gasteiger partial charge in [-0.1, -0.05) is 0 Å². The Kier molecular flexibility index (Phi) is 4.72. The monoisotopic (exact) mass is 269 g/mol. The highest BCUT2D eigenvalue weighted by molar-refractivity contribution is 7.11. The molecule has 2 unspecified atom stereocenters. The number of nitrogens with one attached hydrogen (secondary N) is 1. The van der Waals surface area contributed by atoms with Crippen molar-refractivity contribution in [3.8, 4) is 0 Å². The molecule has 102 valence electrons. The van der Waals surface area contributed by atoms with Crippen LogP contribution in [0.1, 0.15) is 28.5 Å². The fourth-order valence-electron chi connectivity index (χ4n) is 2.35. The van der Waals surface area contributed by atoms with Crippen LogP contribution in [0.5, 0.6) is 0 Å². The number of aromatic nitrogens is 1. The number of rotatable bonds is 4. The van der Waals surface area contributed by atoms with E-state index in [1.807, 2.05) is 0 Å². The molecule has 2 atom stereocenters. The molecule has 0 amide bonds. The van der Waals surface area contributed by atoms with Crippen LogP contribution >= 0.6 is 11.3 Å². The Bertz CT molecular complexity index is 388. The van der Waals surface area contributed by atoms with E-state index in [-0.39, 0.29) is 0 Å². The molecule has 0 bridgehead atoms. The third kappa shape index (κ3) is 3.29. The van der Waals surface area contributed by atoms with Gasteiger partial charge in [-0.15, -0.1) is 11.3 Å². The first-order chi connectivity index (χ1) is 8.58. The summed E-state index contributed by atoms with van der Waals surface area (Å²) in [6, 6.07) is 0.404. The Morgan fingerprint density at radius 3 is 2.89 bits per heavy atom. The molecule has 1 N–H and O–H groups in total. The van der Waals surface area contributed by atoms with E-state index in [1.165, 1.54) is 10.6 Å². The highest BCUT2D eigenvalue weighted by Gasteiger charge is 2.21. The predicted octanol–water partition coefficient (Wildman–Crippen LogP) is 1.74. The van der Waals surface area contributed by atoms with Crippen molar-refractivity contribution < 1.29 is 4.74 Å². The van der Waals surface area contributed by atoms with Crippen LogP contribution in [-0.2, 0) is 4.74 Å². The number of morpholine rings is 1. The minimum absolute atomic E-state index is 0.306. The van der Waals surface area contributed by atoms with Gasteiger partial charge < -0.3 is 10.1 Å². The van der Waals surface area contributed by atoms with Gasteiger partial charge in [0.15, 0.2) is 0 Å². The van der Waals surface area contributed by atoms with Gasteiger partial charge in [-0.25, -0.2) is 4.98 Å². The topological polar surface area (TPSA) is 37.4 Å². The molecule has 0 aromatic carbocycles. The number of aryl methyl sites for hydroxylation is 2. The fraction of sp³-hybridized carbons (Fsp3) is 0.769. The summed E-state index contributed by atoms with van der Waals surface area (Å²) in [5.41, 5.74) is 1.17. The zero-order valence-corrected chi connectivity index (χ0v) is 12.5. The number of nitrogens with zero attached hydrogens (tertiary/aromatic N) is 2. The molecule has 1 fully saturated rings. The molecule has 0 aliphatic carbocycles. The summed E-state index contributed by atoms with van der Waals surface area (Å²) in [7, 11) is 2.16. The maximum absolute atomic E-state index is 5.75. The Morgan fingerprint density at radius 1 is 1.56 bits per heavy atom. The third-order valence-electron chi connectivity index (χ3n) is 3.48. The molecule has 0 spiro atoms. The van der Waals surface area contributed by atoms with E-state index in [0.717, 1.165) is 31.2 Å². The molecule has 0 saturated carbocycles. The van der Waals surface area contributed by atoms with Gasteiger partial charge in [-0.3, -0.25) is 4.90 Å². The van der Waals surface area contributed by atoms with Crippen LogP contribution in [-0.4, -0.2) is 49.3 Å². The molecular weight excluding hydrogens is 246 g/mol. The van der Waals surface area contributed by atoms with Crippen LogP contribution in [0.25, 0.3) is 0 Å². The van der Waals surface area contributed by atoms with Crippen molar-refractivity contribution in [1.29, 1.82) is 0 Å². The Hall–Kier alpha value is -0.490. The second-order valence-electron chi connectivity index (χ2n) is 5.00. The standard InChI is InChI=1S/C13H23N3OS/c1-9-13(18-11(3)15-9)10(2)16(4)8-12-7-14-5-6-17-12/h10,12,14H,5-8H2,1-4H3. The molecule has 18 heavy (non-hydrogen) atoms. The van der Waals surface area contributed by atoms with Gasteiger partial charge >= 0.3 is 0 Å². The van der Waals surface area contributed by atoms with E-state index in [4.69, 9.17) is 4.74 Å². The van der Waals surface area contributed by atoms with Crippen LogP contribution in [0.3, 0.4) is 0 Å². The first-order valence-corrected chi connectivity index (χ1v) is 7.36. The van der Waals surface area contributed by atoms with Crippen LogP contribution in [0.15, 0.2) is 0 Å². The fourth-order valence-corrected chi connectivity index (χ4v) is 3.40. The van der Waals surface area contributed by atoms with Gasteiger partial charge in [0.2, 0.25) is 0 Å². The first kappa shape index (κ1) is 13.9. The molecule has 1 aliphatic rings. The molecule has 4 nitrogen and oxygen atoms in total. The maximum Gasteiger partial charge on any atom is 0.0900 e. The summed E-state index contributed by atoms with van der Waals surface area (Å²) in [5, 5.41) is 4.52. The van der Waals surface area contributed by atoms with Crippen molar-refractivity contribution in [2.45, 2.75) is 32.9 Å². The quantitative estimate of drug-likeness (QED) is 0.903. The number of ether oxygens (including phenoxy) is 1. The molecule has 5 heteroatoms. The average Bonchev–Trinajstić information content (AvgIpc) is 2.68. The highest BCUT2D eigenvalue weighted by atomic mass is 32.1. The van der Waals surface area contributed by atoms with Crippen molar-refractivity contribution in [1.82, 2.24) is 15.2 Å². The van der Waals surface area contributed by atoms with Crippen molar-refractivity contribution in [2.75, 3.05) is 33.3 Å². The largest absolute Gasteiger partial charge is 0.374 e. The third-order valence-corrected chi connectivity index (χ3v) is 4.72. The lowest BCUT2D eigenvalue weighted by atomic mass is 10.2. The molecule has 1 saturated heterocycles. The van der Waals surface area contributed by atoms with Crippen LogP contribution in [0.4, 0.5) is 0 Å². The van der Waals surface area contributed by atoms with E-state index in [0.29, 0.717) is 12.1 Å². The molecular formula is C13H23N3OS. The number of thiazole rings is 1. The molecule has 1 aromatic heterocycles. The lowest BCUT2D eigenvalue weighted by molar-refractivity contribution is 0.00411. The van der Waals surface area contributed by atoms with Gasteiger partial charge in [-0.05, 0) is 27.8 Å². The summed E-state index contributed by atoms with van der Waals surface area (Å²) >= 11 is 1.80. The maximum atomic E-state index is 5.75. The van der Waals surface area contributed by atoms with Gasteiger partial charge in [0, 0.05) is 30.6 Å². The molecule has 1 aliphatic heterocycles. The summed E-state index contributed by atoms with van der Waals surface area (Å²) in [6.07, 6.45) is 0.306. The van der Waals surface area contributed by atoms with E-state index in [1.54, 1.807) is 11.3 Å². The van der Waals surface area contributed by atoms with Crippen LogP contribution in [0.2, 0.25) is 0 Å². The zero-order chi connectivity index (χ0) is 13.1. The average molecular weight is 269 g/mol.